The van der Waals surface area contributed by atoms with Gasteiger partial charge in [0.25, 0.3) is 5.91 Å². The van der Waals surface area contributed by atoms with Crippen LogP contribution < -0.4 is 10.2 Å². The number of nitrogens with zero attached hydrogens (tertiary/aromatic N) is 5. The van der Waals surface area contributed by atoms with Gasteiger partial charge in [-0.1, -0.05) is 0 Å². The lowest BCUT2D eigenvalue weighted by Crippen LogP contribution is -2.59. The second-order valence-corrected chi connectivity index (χ2v) is 5.21. The first-order chi connectivity index (χ1) is 10.8. The number of nitrogens with one attached hydrogen (secondary N) is 1. The summed E-state index contributed by atoms with van der Waals surface area (Å²) in [4.78, 5) is 20.6. The molecule has 1 aliphatic rings. The Hall–Kier alpha value is -2.65. The van der Waals surface area contributed by atoms with E-state index in [4.69, 9.17) is 0 Å². The van der Waals surface area contributed by atoms with E-state index in [9.17, 15) is 18.0 Å². The van der Waals surface area contributed by atoms with Crippen LogP contribution in [0.5, 0.6) is 0 Å². The Morgan fingerprint density at radius 2 is 2.09 bits per heavy atom. The predicted octanol–water partition coefficient (Wildman–Crippen LogP) is 0.847. The summed E-state index contributed by atoms with van der Waals surface area (Å²) < 4.78 is 39.4. The fraction of sp³-hybridized carbons (Fsp3) is 0.385. The number of hydrogen-bond donors (Lipinski definition) is 1. The maximum Gasteiger partial charge on any atom is 0.433 e. The molecule has 0 aromatic carbocycles. The lowest BCUT2D eigenvalue weighted by atomic mass is 10.1. The maximum atomic E-state index is 12.6. The number of amides is 1. The van der Waals surface area contributed by atoms with E-state index in [0.717, 1.165) is 12.4 Å². The van der Waals surface area contributed by atoms with Crippen molar-refractivity contribution < 1.29 is 18.0 Å². The highest BCUT2D eigenvalue weighted by atomic mass is 19.4. The molecular weight excluding hydrogens is 313 g/mol. The van der Waals surface area contributed by atoms with Gasteiger partial charge in [-0.15, -0.1) is 0 Å². The molecule has 2 aromatic heterocycles. The number of carbonyl (C=O) groups excluding carboxylic acids is 1. The standard InChI is InChI=1S/C13H13F3N6O/c1-21-3-2-9(20-21)12(23)19-8-5-22(6-8)11-4-10(13(14,15)16)17-7-18-11/h2-4,7-8H,5-6H2,1H3,(H,19,23). The largest absolute Gasteiger partial charge is 0.433 e. The van der Waals surface area contributed by atoms with Crippen molar-refractivity contribution in [2.45, 2.75) is 12.2 Å². The van der Waals surface area contributed by atoms with Gasteiger partial charge in [0.1, 0.15) is 23.5 Å². The topological polar surface area (TPSA) is 75.9 Å². The highest BCUT2D eigenvalue weighted by Crippen LogP contribution is 2.29. The molecule has 0 unspecified atom stereocenters. The van der Waals surface area contributed by atoms with Crippen LogP contribution in [0.15, 0.2) is 24.7 Å². The number of alkyl halides is 3. The van der Waals surface area contributed by atoms with Crippen molar-refractivity contribution >= 4 is 11.7 Å². The van der Waals surface area contributed by atoms with Crippen molar-refractivity contribution in [1.29, 1.82) is 0 Å². The molecule has 7 nitrogen and oxygen atoms in total. The molecule has 2 aromatic rings. The summed E-state index contributed by atoms with van der Waals surface area (Å²) in [7, 11) is 1.70. The van der Waals surface area contributed by atoms with E-state index < -0.39 is 11.9 Å². The average Bonchev–Trinajstić information content (AvgIpc) is 2.88. The van der Waals surface area contributed by atoms with Crippen LogP contribution in [-0.4, -0.2) is 44.8 Å². The summed E-state index contributed by atoms with van der Waals surface area (Å²) in [6.45, 7) is 0.764. The number of anilines is 1. The molecule has 3 rings (SSSR count). The zero-order valence-corrected chi connectivity index (χ0v) is 12.1. The molecule has 1 fully saturated rings. The molecule has 122 valence electrons. The molecule has 0 atom stereocenters. The predicted molar refractivity (Wildman–Crippen MR) is 73.7 cm³/mol. The van der Waals surface area contributed by atoms with Crippen LogP contribution in [0.25, 0.3) is 0 Å². The number of halogens is 3. The van der Waals surface area contributed by atoms with Crippen LogP contribution in [0.3, 0.4) is 0 Å². The van der Waals surface area contributed by atoms with E-state index in [2.05, 4.69) is 20.4 Å². The Bertz CT molecular complexity index is 722. The molecule has 23 heavy (non-hydrogen) atoms. The molecular formula is C13H13F3N6O. The Kier molecular flexibility index (Phi) is 3.66. The van der Waals surface area contributed by atoms with E-state index in [1.165, 1.54) is 4.68 Å². The lowest BCUT2D eigenvalue weighted by Gasteiger charge is -2.40. The number of rotatable bonds is 3. The van der Waals surface area contributed by atoms with Gasteiger partial charge in [0.15, 0.2) is 0 Å². The fourth-order valence-electron chi connectivity index (χ4n) is 2.23. The summed E-state index contributed by atoms with van der Waals surface area (Å²) in [5.74, 6) is -0.121. The van der Waals surface area contributed by atoms with Crippen LogP contribution in [-0.2, 0) is 13.2 Å². The Balaban J connectivity index is 1.58. The van der Waals surface area contributed by atoms with Crippen LogP contribution in [0.2, 0.25) is 0 Å². The number of carbonyl (C=O) groups is 1. The van der Waals surface area contributed by atoms with E-state index in [-0.39, 0.29) is 17.8 Å². The highest BCUT2D eigenvalue weighted by Gasteiger charge is 2.35. The van der Waals surface area contributed by atoms with Gasteiger partial charge in [0, 0.05) is 32.4 Å². The van der Waals surface area contributed by atoms with Crippen molar-refractivity contribution in [2.24, 2.45) is 7.05 Å². The Morgan fingerprint density at radius 1 is 1.35 bits per heavy atom. The molecule has 1 aliphatic heterocycles. The molecule has 0 bridgehead atoms. The quantitative estimate of drug-likeness (QED) is 0.905. The SMILES string of the molecule is Cn1ccc(C(=O)NC2CN(c3cc(C(F)(F)F)ncn3)C2)n1. The monoisotopic (exact) mass is 326 g/mol. The normalized spacial score (nSPS) is 15.4. The van der Waals surface area contributed by atoms with E-state index in [1.807, 2.05) is 0 Å². The molecule has 3 heterocycles. The molecule has 1 amide bonds. The molecule has 0 aliphatic carbocycles. The zero-order valence-electron chi connectivity index (χ0n) is 12.1. The van der Waals surface area contributed by atoms with Gasteiger partial charge in [-0.05, 0) is 6.07 Å². The summed E-state index contributed by atoms with van der Waals surface area (Å²) in [5, 5.41) is 6.75. The summed E-state index contributed by atoms with van der Waals surface area (Å²) in [5.41, 5.74) is -0.684. The second-order valence-electron chi connectivity index (χ2n) is 5.21. The smallest absolute Gasteiger partial charge is 0.352 e. The van der Waals surface area contributed by atoms with Crippen molar-refractivity contribution in [3.05, 3.63) is 36.0 Å². The molecule has 1 N–H and O–H groups in total. The van der Waals surface area contributed by atoms with Crippen LogP contribution in [0, 0.1) is 0 Å². The maximum absolute atomic E-state index is 12.6. The fourth-order valence-corrected chi connectivity index (χ4v) is 2.23. The third kappa shape index (κ3) is 3.25. The Morgan fingerprint density at radius 3 is 2.70 bits per heavy atom. The van der Waals surface area contributed by atoms with Crippen LogP contribution >= 0.6 is 0 Å². The van der Waals surface area contributed by atoms with Crippen molar-refractivity contribution in [1.82, 2.24) is 25.1 Å². The van der Waals surface area contributed by atoms with Crippen LogP contribution in [0.4, 0.5) is 19.0 Å². The van der Waals surface area contributed by atoms with Gasteiger partial charge in [0.2, 0.25) is 0 Å². The van der Waals surface area contributed by atoms with E-state index in [1.54, 1.807) is 24.2 Å². The summed E-state index contributed by atoms with van der Waals surface area (Å²) in [6.07, 6.45) is -1.96. The highest BCUT2D eigenvalue weighted by molar-refractivity contribution is 5.92. The minimum atomic E-state index is -4.50. The van der Waals surface area contributed by atoms with Gasteiger partial charge in [-0.25, -0.2) is 9.97 Å². The first-order valence-corrected chi connectivity index (χ1v) is 6.77. The Labute approximate surface area is 129 Å². The minimum Gasteiger partial charge on any atom is -0.352 e. The van der Waals surface area contributed by atoms with Crippen molar-refractivity contribution in [3.8, 4) is 0 Å². The van der Waals surface area contributed by atoms with Crippen molar-refractivity contribution in [2.75, 3.05) is 18.0 Å². The number of aromatic nitrogens is 4. The minimum absolute atomic E-state index is 0.159. The summed E-state index contributed by atoms with van der Waals surface area (Å²) in [6, 6.07) is 2.33. The van der Waals surface area contributed by atoms with Gasteiger partial charge in [0.05, 0.1) is 6.04 Å². The zero-order chi connectivity index (χ0) is 16.6. The first kappa shape index (κ1) is 15.3. The van der Waals surface area contributed by atoms with Gasteiger partial charge >= 0.3 is 6.18 Å². The first-order valence-electron chi connectivity index (χ1n) is 6.77. The summed E-state index contributed by atoms with van der Waals surface area (Å²) >= 11 is 0. The number of aryl methyl sites for hydroxylation is 1. The van der Waals surface area contributed by atoms with Gasteiger partial charge < -0.3 is 10.2 Å². The van der Waals surface area contributed by atoms with Gasteiger partial charge in [-0.3, -0.25) is 9.48 Å². The van der Waals surface area contributed by atoms with Crippen molar-refractivity contribution in [3.63, 3.8) is 0 Å². The van der Waals surface area contributed by atoms with E-state index in [0.29, 0.717) is 18.8 Å². The number of hydrogen-bond acceptors (Lipinski definition) is 5. The molecule has 0 radical (unpaired) electrons. The lowest BCUT2D eigenvalue weighted by molar-refractivity contribution is -0.141. The van der Waals surface area contributed by atoms with Crippen LogP contribution in [0.1, 0.15) is 16.2 Å². The molecule has 0 spiro atoms. The molecule has 0 saturated carbocycles. The average molecular weight is 326 g/mol. The third-order valence-electron chi connectivity index (χ3n) is 3.43. The second kappa shape index (κ2) is 5.52. The van der Waals surface area contributed by atoms with E-state index >= 15 is 0 Å². The van der Waals surface area contributed by atoms with Gasteiger partial charge in [-0.2, -0.15) is 18.3 Å². The third-order valence-corrected chi connectivity index (χ3v) is 3.43. The molecule has 10 heteroatoms. The molecule has 1 saturated heterocycles.